The minimum Gasteiger partial charge on any atom is -0.342 e. The number of aromatic nitrogens is 2. The Labute approximate surface area is 170 Å². The largest absolute Gasteiger partial charge is 0.342 e. The molecule has 7 heteroatoms. The van der Waals surface area contributed by atoms with Gasteiger partial charge in [-0.05, 0) is 42.7 Å². The number of thioether (sulfide) groups is 1. The summed E-state index contributed by atoms with van der Waals surface area (Å²) in [6.07, 6.45) is 6.63. The molecule has 2 N–H and O–H groups in total. The topological polar surface area (TPSA) is 70.2 Å². The Hall–Kier alpha value is -1.96. The predicted octanol–water partition coefficient (Wildman–Crippen LogP) is 2.14. The first kappa shape index (κ1) is 19.4. The SMILES string of the molecule is O=C(CSc1ncccn1)N1CCC(C2NNCC2Cc2ccccc2)CC1. The molecule has 2 unspecified atom stereocenters. The van der Waals surface area contributed by atoms with Crippen molar-refractivity contribution in [3.8, 4) is 0 Å². The van der Waals surface area contributed by atoms with Crippen molar-refractivity contribution >= 4 is 17.7 Å². The minimum atomic E-state index is 0.189. The molecule has 2 aromatic rings. The fourth-order valence-corrected chi connectivity index (χ4v) is 4.96. The molecule has 2 aliphatic rings. The monoisotopic (exact) mass is 397 g/mol. The summed E-state index contributed by atoms with van der Waals surface area (Å²) in [6, 6.07) is 13.0. The lowest BCUT2D eigenvalue weighted by atomic mass is 9.81. The Kier molecular flexibility index (Phi) is 6.57. The maximum Gasteiger partial charge on any atom is 0.233 e. The normalized spacial score (nSPS) is 23.1. The van der Waals surface area contributed by atoms with E-state index in [1.807, 2.05) is 4.90 Å². The van der Waals surface area contributed by atoms with Crippen molar-refractivity contribution in [2.24, 2.45) is 11.8 Å². The third-order valence-electron chi connectivity index (χ3n) is 5.75. The molecule has 0 radical (unpaired) electrons. The number of rotatable bonds is 6. The van der Waals surface area contributed by atoms with E-state index in [1.54, 1.807) is 18.5 Å². The van der Waals surface area contributed by atoms with Crippen molar-refractivity contribution in [2.75, 3.05) is 25.4 Å². The van der Waals surface area contributed by atoms with Crippen LogP contribution in [0.1, 0.15) is 18.4 Å². The first-order valence-corrected chi connectivity index (χ1v) is 11.0. The predicted molar refractivity (Wildman–Crippen MR) is 111 cm³/mol. The Morgan fingerprint density at radius 2 is 1.86 bits per heavy atom. The lowest BCUT2D eigenvalue weighted by Gasteiger charge is -2.36. The lowest BCUT2D eigenvalue weighted by molar-refractivity contribution is -0.129. The van der Waals surface area contributed by atoms with Crippen molar-refractivity contribution in [3.05, 3.63) is 54.4 Å². The molecule has 1 aromatic carbocycles. The fraction of sp³-hybridized carbons (Fsp3) is 0.476. The molecule has 0 bridgehead atoms. The van der Waals surface area contributed by atoms with E-state index in [0.29, 0.717) is 28.8 Å². The summed E-state index contributed by atoms with van der Waals surface area (Å²) in [5.41, 5.74) is 8.28. The van der Waals surface area contributed by atoms with E-state index in [0.717, 1.165) is 38.9 Å². The van der Waals surface area contributed by atoms with E-state index in [4.69, 9.17) is 0 Å². The van der Waals surface area contributed by atoms with Gasteiger partial charge in [0.25, 0.3) is 0 Å². The number of nitrogens with zero attached hydrogens (tertiary/aromatic N) is 3. The van der Waals surface area contributed by atoms with Crippen LogP contribution in [0.3, 0.4) is 0 Å². The average Bonchev–Trinajstić information content (AvgIpc) is 3.21. The van der Waals surface area contributed by atoms with Crippen LogP contribution in [0, 0.1) is 11.8 Å². The first-order valence-electron chi connectivity index (χ1n) is 9.99. The van der Waals surface area contributed by atoms with E-state index < -0.39 is 0 Å². The number of carbonyl (C=O) groups is 1. The summed E-state index contributed by atoms with van der Waals surface area (Å²) in [6.45, 7) is 2.69. The van der Waals surface area contributed by atoms with Gasteiger partial charge in [0.1, 0.15) is 0 Å². The summed E-state index contributed by atoms with van der Waals surface area (Å²) < 4.78 is 0. The highest BCUT2D eigenvalue weighted by atomic mass is 32.2. The lowest BCUT2D eigenvalue weighted by Crippen LogP contribution is -2.46. The van der Waals surface area contributed by atoms with Crippen LogP contribution in [0.5, 0.6) is 0 Å². The fourth-order valence-electron chi connectivity index (χ4n) is 4.26. The van der Waals surface area contributed by atoms with Crippen LogP contribution in [0.2, 0.25) is 0 Å². The average molecular weight is 398 g/mol. The molecule has 2 fully saturated rings. The zero-order chi connectivity index (χ0) is 19.2. The van der Waals surface area contributed by atoms with E-state index in [2.05, 4.69) is 51.2 Å². The van der Waals surface area contributed by atoms with Gasteiger partial charge in [-0.15, -0.1) is 0 Å². The molecule has 0 spiro atoms. The van der Waals surface area contributed by atoms with Crippen LogP contribution in [-0.2, 0) is 11.2 Å². The Balaban J connectivity index is 1.25. The van der Waals surface area contributed by atoms with Crippen LogP contribution in [0.25, 0.3) is 0 Å². The van der Waals surface area contributed by atoms with Gasteiger partial charge in [-0.3, -0.25) is 15.6 Å². The second-order valence-corrected chi connectivity index (χ2v) is 8.48. The molecule has 148 valence electrons. The van der Waals surface area contributed by atoms with Gasteiger partial charge in [-0.25, -0.2) is 9.97 Å². The molecule has 0 saturated carbocycles. The van der Waals surface area contributed by atoms with E-state index in [-0.39, 0.29) is 5.91 Å². The van der Waals surface area contributed by atoms with E-state index >= 15 is 0 Å². The minimum absolute atomic E-state index is 0.189. The molecule has 6 nitrogen and oxygen atoms in total. The van der Waals surface area contributed by atoms with Gasteiger partial charge in [0.15, 0.2) is 5.16 Å². The highest BCUT2D eigenvalue weighted by Gasteiger charge is 2.36. The summed E-state index contributed by atoms with van der Waals surface area (Å²) in [5, 5.41) is 0.663. The molecule has 2 atom stereocenters. The molecule has 2 saturated heterocycles. The second kappa shape index (κ2) is 9.49. The highest BCUT2D eigenvalue weighted by Crippen LogP contribution is 2.29. The zero-order valence-electron chi connectivity index (χ0n) is 16.0. The number of carbonyl (C=O) groups excluding carboxylic acids is 1. The number of hydrogen-bond donors (Lipinski definition) is 2. The molecule has 2 aliphatic heterocycles. The van der Waals surface area contributed by atoms with Crippen molar-refractivity contribution in [3.63, 3.8) is 0 Å². The standard InChI is InChI=1S/C21H27N5OS/c27-19(15-28-21-22-9-4-10-23-21)26-11-7-17(8-12-26)20-18(14-24-25-20)13-16-5-2-1-3-6-16/h1-6,9-10,17-18,20,24-25H,7-8,11-15H2. The van der Waals surface area contributed by atoms with Gasteiger partial charge in [0.2, 0.25) is 5.91 Å². The van der Waals surface area contributed by atoms with Gasteiger partial charge in [-0.1, -0.05) is 42.1 Å². The van der Waals surface area contributed by atoms with Gasteiger partial charge >= 0.3 is 0 Å². The molecule has 1 amide bonds. The Bertz CT molecular complexity index is 752. The number of likely N-dealkylation sites (tertiary alicyclic amines) is 1. The number of nitrogens with one attached hydrogen (secondary N) is 2. The van der Waals surface area contributed by atoms with Gasteiger partial charge in [0.05, 0.1) is 5.75 Å². The summed E-state index contributed by atoms with van der Waals surface area (Å²) >= 11 is 1.41. The molecular weight excluding hydrogens is 370 g/mol. The Morgan fingerprint density at radius 1 is 1.11 bits per heavy atom. The zero-order valence-corrected chi connectivity index (χ0v) is 16.8. The van der Waals surface area contributed by atoms with E-state index in [1.165, 1.54) is 17.3 Å². The summed E-state index contributed by atoms with van der Waals surface area (Å²) in [7, 11) is 0. The third kappa shape index (κ3) is 4.90. The van der Waals surface area contributed by atoms with E-state index in [9.17, 15) is 4.79 Å². The van der Waals surface area contributed by atoms with Gasteiger partial charge < -0.3 is 4.90 Å². The molecular formula is C21H27N5OS. The van der Waals surface area contributed by atoms with Crippen LogP contribution in [0.4, 0.5) is 0 Å². The van der Waals surface area contributed by atoms with Gasteiger partial charge in [-0.2, -0.15) is 0 Å². The maximum atomic E-state index is 12.5. The Morgan fingerprint density at radius 3 is 2.61 bits per heavy atom. The molecule has 4 rings (SSSR count). The van der Waals surface area contributed by atoms with Crippen molar-refractivity contribution in [2.45, 2.75) is 30.5 Å². The molecule has 28 heavy (non-hydrogen) atoms. The van der Waals surface area contributed by atoms with Crippen molar-refractivity contribution in [1.29, 1.82) is 0 Å². The van der Waals surface area contributed by atoms with Crippen molar-refractivity contribution in [1.82, 2.24) is 25.7 Å². The summed E-state index contributed by atoms with van der Waals surface area (Å²) in [4.78, 5) is 22.9. The van der Waals surface area contributed by atoms with Gasteiger partial charge in [0, 0.05) is 38.1 Å². The highest BCUT2D eigenvalue weighted by molar-refractivity contribution is 7.99. The van der Waals surface area contributed by atoms with Crippen LogP contribution in [-0.4, -0.2) is 52.2 Å². The van der Waals surface area contributed by atoms with Crippen LogP contribution < -0.4 is 10.9 Å². The maximum absolute atomic E-state index is 12.5. The number of benzene rings is 1. The molecule has 0 aliphatic carbocycles. The first-order chi connectivity index (χ1) is 13.8. The number of hydrazine groups is 1. The number of piperidine rings is 1. The number of amides is 1. The smallest absolute Gasteiger partial charge is 0.233 e. The third-order valence-corrected chi connectivity index (χ3v) is 6.61. The van der Waals surface area contributed by atoms with Crippen molar-refractivity contribution < 1.29 is 4.79 Å². The number of hydrogen-bond acceptors (Lipinski definition) is 6. The summed E-state index contributed by atoms with van der Waals surface area (Å²) in [5.74, 6) is 1.81. The molecule has 3 heterocycles. The quantitative estimate of drug-likeness (QED) is 0.575. The van der Waals surface area contributed by atoms with Crippen LogP contribution in [0.15, 0.2) is 53.9 Å². The van der Waals surface area contributed by atoms with Crippen LogP contribution >= 0.6 is 11.8 Å². The molecule has 1 aromatic heterocycles. The second-order valence-electron chi connectivity index (χ2n) is 7.54.